The van der Waals surface area contributed by atoms with E-state index in [0.29, 0.717) is 6.42 Å². The lowest BCUT2D eigenvalue weighted by molar-refractivity contribution is -0.141. The van der Waals surface area contributed by atoms with E-state index in [0.717, 1.165) is 5.56 Å². The Labute approximate surface area is 92.2 Å². The van der Waals surface area contributed by atoms with Gasteiger partial charge in [-0.1, -0.05) is 25.1 Å². The van der Waals surface area contributed by atoms with Crippen LogP contribution in [0.4, 0.5) is 0 Å². The molecule has 0 aliphatic rings. The molecular formula is C12H12O2S. The fourth-order valence-electron chi connectivity index (χ4n) is 1.63. The molecular weight excluding hydrogens is 208 g/mol. The maximum Gasteiger partial charge on any atom is 0.306 e. The normalized spacial score (nSPS) is 12.9. The van der Waals surface area contributed by atoms with Crippen LogP contribution in [0.25, 0.3) is 10.1 Å². The first kappa shape index (κ1) is 10.2. The van der Waals surface area contributed by atoms with E-state index < -0.39 is 5.97 Å². The average Bonchev–Trinajstić information content (AvgIpc) is 2.66. The number of benzene rings is 1. The number of aliphatic carboxylic acids is 1. The second kappa shape index (κ2) is 4.03. The molecule has 0 saturated heterocycles. The van der Waals surface area contributed by atoms with Gasteiger partial charge in [0, 0.05) is 4.70 Å². The third-order valence-corrected chi connectivity index (χ3v) is 3.51. The molecule has 0 unspecified atom stereocenters. The topological polar surface area (TPSA) is 37.3 Å². The van der Waals surface area contributed by atoms with Crippen LogP contribution >= 0.6 is 11.3 Å². The lowest BCUT2D eigenvalue weighted by Gasteiger charge is -2.06. The maximum atomic E-state index is 10.8. The van der Waals surface area contributed by atoms with Gasteiger partial charge in [0.25, 0.3) is 0 Å². The monoisotopic (exact) mass is 220 g/mol. The average molecular weight is 220 g/mol. The minimum Gasteiger partial charge on any atom is -0.481 e. The molecule has 0 fully saturated rings. The van der Waals surface area contributed by atoms with Crippen molar-refractivity contribution in [2.75, 3.05) is 0 Å². The summed E-state index contributed by atoms with van der Waals surface area (Å²) in [4.78, 5) is 10.8. The van der Waals surface area contributed by atoms with Crippen molar-refractivity contribution >= 4 is 27.4 Å². The maximum absolute atomic E-state index is 10.8. The molecule has 1 heterocycles. The van der Waals surface area contributed by atoms with Gasteiger partial charge in [0.05, 0.1) is 5.92 Å². The SMILES string of the molecule is C[C@@H](Cc1cccc2ccsc12)C(=O)O. The molecule has 2 aromatic rings. The van der Waals surface area contributed by atoms with Crippen molar-refractivity contribution in [3.63, 3.8) is 0 Å². The van der Waals surface area contributed by atoms with Crippen LogP contribution < -0.4 is 0 Å². The quantitative estimate of drug-likeness (QED) is 0.862. The highest BCUT2D eigenvalue weighted by Gasteiger charge is 2.13. The Bertz CT molecular complexity index is 487. The fourth-order valence-corrected chi connectivity index (χ4v) is 2.56. The number of rotatable bonds is 3. The van der Waals surface area contributed by atoms with Gasteiger partial charge in [-0.3, -0.25) is 4.79 Å². The summed E-state index contributed by atoms with van der Waals surface area (Å²) in [7, 11) is 0. The van der Waals surface area contributed by atoms with Crippen molar-refractivity contribution in [1.82, 2.24) is 0 Å². The van der Waals surface area contributed by atoms with Gasteiger partial charge in [-0.25, -0.2) is 0 Å². The second-order valence-corrected chi connectivity index (χ2v) is 4.62. The lowest BCUT2D eigenvalue weighted by Crippen LogP contribution is -2.12. The van der Waals surface area contributed by atoms with Crippen LogP contribution in [-0.4, -0.2) is 11.1 Å². The Balaban J connectivity index is 2.35. The molecule has 0 amide bonds. The molecule has 0 saturated carbocycles. The smallest absolute Gasteiger partial charge is 0.306 e. The molecule has 15 heavy (non-hydrogen) atoms. The van der Waals surface area contributed by atoms with E-state index in [1.54, 1.807) is 18.3 Å². The minimum atomic E-state index is -0.733. The molecule has 0 aliphatic carbocycles. The zero-order valence-electron chi connectivity index (χ0n) is 8.43. The number of thiophene rings is 1. The summed E-state index contributed by atoms with van der Waals surface area (Å²) in [6, 6.07) is 8.12. The van der Waals surface area contributed by atoms with Crippen molar-refractivity contribution in [3.8, 4) is 0 Å². The highest BCUT2D eigenvalue weighted by atomic mass is 32.1. The molecule has 2 rings (SSSR count). The summed E-state index contributed by atoms with van der Waals surface area (Å²) in [6.07, 6.45) is 0.604. The van der Waals surface area contributed by atoms with Gasteiger partial charge in [-0.2, -0.15) is 0 Å². The first-order chi connectivity index (χ1) is 7.18. The summed E-state index contributed by atoms with van der Waals surface area (Å²) < 4.78 is 1.21. The van der Waals surface area contributed by atoms with Crippen LogP contribution in [0, 0.1) is 5.92 Å². The largest absolute Gasteiger partial charge is 0.481 e. The Hall–Kier alpha value is -1.35. The molecule has 3 heteroatoms. The summed E-state index contributed by atoms with van der Waals surface area (Å²) in [5.74, 6) is -1.05. The first-order valence-electron chi connectivity index (χ1n) is 4.86. The van der Waals surface area contributed by atoms with Crippen molar-refractivity contribution in [2.24, 2.45) is 5.92 Å². The van der Waals surface area contributed by atoms with E-state index in [1.165, 1.54) is 10.1 Å². The third-order valence-electron chi connectivity index (χ3n) is 2.51. The molecule has 1 aromatic carbocycles. The van der Waals surface area contributed by atoms with Crippen LogP contribution in [-0.2, 0) is 11.2 Å². The van der Waals surface area contributed by atoms with Gasteiger partial charge in [-0.05, 0) is 28.8 Å². The van der Waals surface area contributed by atoms with Crippen LogP contribution in [0.1, 0.15) is 12.5 Å². The molecule has 2 nitrogen and oxygen atoms in total. The number of hydrogen-bond donors (Lipinski definition) is 1. The van der Waals surface area contributed by atoms with E-state index in [-0.39, 0.29) is 5.92 Å². The highest BCUT2D eigenvalue weighted by molar-refractivity contribution is 7.17. The summed E-state index contributed by atoms with van der Waals surface area (Å²) in [5, 5.41) is 12.1. The first-order valence-corrected chi connectivity index (χ1v) is 5.74. The molecule has 1 N–H and O–H groups in total. The van der Waals surface area contributed by atoms with Crippen LogP contribution in [0.5, 0.6) is 0 Å². The standard InChI is InChI=1S/C12H12O2S/c1-8(12(13)14)7-10-4-2-3-9-5-6-15-11(9)10/h2-6,8H,7H2,1H3,(H,13,14)/t8-/m0/s1. The number of hydrogen-bond acceptors (Lipinski definition) is 2. The molecule has 0 aliphatic heterocycles. The van der Waals surface area contributed by atoms with E-state index in [9.17, 15) is 4.79 Å². The predicted octanol–water partition coefficient (Wildman–Crippen LogP) is 3.16. The number of carboxylic acids is 1. The van der Waals surface area contributed by atoms with Crippen LogP contribution in [0.3, 0.4) is 0 Å². The Morgan fingerprint density at radius 1 is 1.47 bits per heavy atom. The van der Waals surface area contributed by atoms with Crippen molar-refractivity contribution < 1.29 is 9.90 Å². The lowest BCUT2D eigenvalue weighted by atomic mass is 10.0. The number of carbonyl (C=O) groups is 1. The van der Waals surface area contributed by atoms with Gasteiger partial charge in [0.15, 0.2) is 0 Å². The van der Waals surface area contributed by atoms with Crippen molar-refractivity contribution in [2.45, 2.75) is 13.3 Å². The summed E-state index contributed by atoms with van der Waals surface area (Å²) in [5.41, 5.74) is 1.14. The van der Waals surface area contributed by atoms with Gasteiger partial charge in [0.2, 0.25) is 0 Å². The van der Waals surface area contributed by atoms with Gasteiger partial charge < -0.3 is 5.11 Å². The van der Waals surface area contributed by atoms with Gasteiger partial charge in [-0.15, -0.1) is 11.3 Å². The Kier molecular flexibility index (Phi) is 2.73. The van der Waals surface area contributed by atoms with E-state index in [1.807, 2.05) is 17.5 Å². The summed E-state index contributed by atoms with van der Waals surface area (Å²) >= 11 is 1.67. The van der Waals surface area contributed by atoms with Gasteiger partial charge >= 0.3 is 5.97 Å². The Morgan fingerprint density at radius 3 is 3.00 bits per heavy atom. The molecule has 0 bridgehead atoms. The molecule has 78 valence electrons. The number of fused-ring (bicyclic) bond motifs is 1. The molecule has 1 atom stereocenters. The third kappa shape index (κ3) is 2.02. The van der Waals surface area contributed by atoms with Crippen LogP contribution in [0.2, 0.25) is 0 Å². The van der Waals surface area contributed by atoms with Crippen molar-refractivity contribution in [1.29, 1.82) is 0 Å². The Morgan fingerprint density at radius 2 is 2.27 bits per heavy atom. The molecule has 0 radical (unpaired) electrons. The predicted molar refractivity (Wildman–Crippen MR) is 62.3 cm³/mol. The molecule has 1 aromatic heterocycles. The zero-order valence-corrected chi connectivity index (χ0v) is 9.25. The minimum absolute atomic E-state index is 0.322. The van der Waals surface area contributed by atoms with Crippen LogP contribution in [0.15, 0.2) is 29.6 Å². The van der Waals surface area contributed by atoms with Gasteiger partial charge in [0.1, 0.15) is 0 Å². The summed E-state index contributed by atoms with van der Waals surface area (Å²) in [6.45, 7) is 1.74. The molecule has 0 spiro atoms. The highest BCUT2D eigenvalue weighted by Crippen LogP contribution is 2.26. The van der Waals surface area contributed by atoms with Crippen molar-refractivity contribution in [3.05, 3.63) is 35.2 Å². The zero-order chi connectivity index (χ0) is 10.8. The number of carboxylic acid groups (broad SMARTS) is 1. The van der Waals surface area contributed by atoms with E-state index >= 15 is 0 Å². The fraction of sp³-hybridized carbons (Fsp3) is 0.250. The van der Waals surface area contributed by atoms with E-state index in [2.05, 4.69) is 12.1 Å². The van der Waals surface area contributed by atoms with E-state index in [4.69, 9.17) is 5.11 Å². The second-order valence-electron chi connectivity index (χ2n) is 3.70.